The Kier molecular flexibility index (Phi) is 5.93. The minimum atomic E-state index is -0.188. The molecular weight excluding hydrogens is 366 g/mol. The summed E-state index contributed by atoms with van der Waals surface area (Å²) in [6.45, 7) is 4.78. The molecule has 0 fully saturated rings. The van der Waals surface area contributed by atoms with Crippen molar-refractivity contribution in [3.8, 4) is 22.5 Å². The molecule has 0 saturated carbocycles. The van der Waals surface area contributed by atoms with Gasteiger partial charge < -0.3 is 0 Å². The van der Waals surface area contributed by atoms with Crippen LogP contribution in [-0.4, -0.2) is 27.4 Å². The first kappa shape index (κ1) is 20.1. The number of rotatable bonds is 6. The first-order chi connectivity index (χ1) is 13.9. The van der Waals surface area contributed by atoms with Gasteiger partial charge in [0.15, 0.2) is 11.6 Å². The van der Waals surface area contributed by atoms with E-state index in [2.05, 4.69) is 15.3 Å². The highest BCUT2D eigenvalue weighted by atomic mass is 16.1. The Balaban J connectivity index is 2.06. The lowest BCUT2D eigenvalue weighted by atomic mass is 10.0. The van der Waals surface area contributed by atoms with E-state index in [-0.39, 0.29) is 23.4 Å². The zero-order valence-corrected chi connectivity index (χ0v) is 16.5. The first-order valence-corrected chi connectivity index (χ1v) is 9.29. The number of benzene rings is 2. The average Bonchev–Trinajstić information content (AvgIpc) is 2.73. The predicted molar refractivity (Wildman–Crippen MR) is 112 cm³/mol. The summed E-state index contributed by atoms with van der Waals surface area (Å²) in [7, 11) is 0. The molecule has 0 bridgehead atoms. The third kappa shape index (κ3) is 4.79. The minimum absolute atomic E-state index is 0.0126. The van der Waals surface area contributed by atoms with E-state index in [1.54, 1.807) is 31.2 Å². The normalized spacial score (nSPS) is 10.4. The largest absolute Gasteiger partial charge is 0.295 e. The van der Waals surface area contributed by atoms with E-state index in [1.165, 1.54) is 13.8 Å². The van der Waals surface area contributed by atoms with Gasteiger partial charge in [-0.2, -0.15) is 0 Å². The van der Waals surface area contributed by atoms with Gasteiger partial charge in [0, 0.05) is 28.7 Å². The van der Waals surface area contributed by atoms with E-state index in [4.69, 9.17) is 0 Å². The van der Waals surface area contributed by atoms with Crippen molar-refractivity contribution >= 4 is 23.4 Å². The first-order valence-electron chi connectivity index (χ1n) is 9.29. The number of ketones is 2. The summed E-state index contributed by atoms with van der Waals surface area (Å²) in [6.07, 6.45) is 0.309. The summed E-state index contributed by atoms with van der Waals surface area (Å²) in [5, 5.41) is 2.70. The number of nitrogens with one attached hydrogen (secondary N) is 1. The van der Waals surface area contributed by atoms with Crippen LogP contribution in [0.15, 0.2) is 54.6 Å². The third-order valence-corrected chi connectivity index (χ3v) is 4.47. The van der Waals surface area contributed by atoms with Gasteiger partial charge in [-0.1, -0.05) is 55.5 Å². The maximum absolute atomic E-state index is 11.8. The molecule has 29 heavy (non-hydrogen) atoms. The maximum Gasteiger partial charge on any atom is 0.230 e. The highest BCUT2D eigenvalue weighted by molar-refractivity contribution is 5.95. The molecule has 6 heteroatoms. The van der Waals surface area contributed by atoms with Crippen LogP contribution < -0.4 is 5.32 Å². The van der Waals surface area contributed by atoms with Gasteiger partial charge in [0.1, 0.15) is 0 Å². The lowest BCUT2D eigenvalue weighted by Crippen LogP contribution is -2.13. The summed E-state index contributed by atoms with van der Waals surface area (Å²) in [5.74, 6) is -0.00892. The highest BCUT2D eigenvalue weighted by Gasteiger charge is 2.11. The van der Waals surface area contributed by atoms with Crippen molar-refractivity contribution < 1.29 is 14.4 Å². The molecule has 2 aromatic carbocycles. The Morgan fingerprint density at radius 2 is 1.17 bits per heavy atom. The molecule has 3 rings (SSSR count). The van der Waals surface area contributed by atoms with E-state index < -0.39 is 0 Å². The van der Waals surface area contributed by atoms with Gasteiger partial charge in [-0.15, -0.1) is 0 Å². The smallest absolute Gasteiger partial charge is 0.230 e. The fourth-order valence-corrected chi connectivity index (χ4v) is 2.76. The molecule has 0 aliphatic heterocycles. The van der Waals surface area contributed by atoms with Crippen LogP contribution in [-0.2, 0) is 4.79 Å². The molecule has 6 nitrogen and oxygen atoms in total. The van der Waals surface area contributed by atoms with Crippen LogP contribution in [0.4, 0.5) is 5.95 Å². The van der Waals surface area contributed by atoms with Crippen molar-refractivity contribution in [2.75, 3.05) is 5.32 Å². The van der Waals surface area contributed by atoms with Crippen LogP contribution in [0.3, 0.4) is 0 Å². The second kappa shape index (κ2) is 8.56. The van der Waals surface area contributed by atoms with Crippen LogP contribution >= 0.6 is 0 Å². The predicted octanol–water partition coefficient (Wildman–Crippen LogP) is 4.56. The standard InChI is InChI=1S/C23H21N3O3/c1-4-22(29)26-23-24-20(18-9-5-16(6-10-18)14(2)27)13-21(25-23)19-11-7-17(8-12-19)15(3)28/h5-13H,4H2,1-3H3,(H,24,25,26,29). The Labute approximate surface area is 169 Å². The number of hydrogen-bond donors (Lipinski definition) is 1. The van der Waals surface area contributed by atoms with E-state index in [0.29, 0.717) is 28.9 Å². The molecule has 0 spiro atoms. The third-order valence-electron chi connectivity index (χ3n) is 4.47. The van der Waals surface area contributed by atoms with E-state index >= 15 is 0 Å². The van der Waals surface area contributed by atoms with Gasteiger partial charge in [0.2, 0.25) is 11.9 Å². The molecular formula is C23H21N3O3. The summed E-state index contributed by atoms with van der Waals surface area (Å²) in [5.41, 5.74) is 4.06. The van der Waals surface area contributed by atoms with Crippen molar-refractivity contribution in [3.05, 3.63) is 65.7 Å². The second-order valence-electron chi connectivity index (χ2n) is 6.63. The van der Waals surface area contributed by atoms with Gasteiger partial charge in [0.05, 0.1) is 11.4 Å². The second-order valence-corrected chi connectivity index (χ2v) is 6.63. The molecule has 0 saturated heterocycles. The molecule has 1 aromatic heterocycles. The summed E-state index contributed by atoms with van der Waals surface area (Å²) < 4.78 is 0. The Morgan fingerprint density at radius 3 is 1.52 bits per heavy atom. The number of amides is 1. The SMILES string of the molecule is CCC(=O)Nc1nc(-c2ccc(C(C)=O)cc2)cc(-c2ccc(C(C)=O)cc2)n1. The zero-order chi connectivity index (χ0) is 21.0. The lowest BCUT2D eigenvalue weighted by molar-refractivity contribution is -0.115. The molecule has 0 unspecified atom stereocenters. The number of aromatic nitrogens is 2. The molecule has 146 valence electrons. The van der Waals surface area contributed by atoms with E-state index in [9.17, 15) is 14.4 Å². The molecule has 3 aromatic rings. The Bertz CT molecular complexity index is 996. The molecule has 0 aliphatic carbocycles. The van der Waals surface area contributed by atoms with Crippen LogP contribution in [0.5, 0.6) is 0 Å². The molecule has 1 N–H and O–H groups in total. The van der Waals surface area contributed by atoms with Gasteiger partial charge in [-0.25, -0.2) is 9.97 Å². The minimum Gasteiger partial charge on any atom is -0.295 e. The fraction of sp³-hybridized carbons (Fsp3) is 0.174. The van der Waals surface area contributed by atoms with E-state index in [0.717, 1.165) is 11.1 Å². The number of nitrogens with zero attached hydrogens (tertiary/aromatic N) is 2. The Morgan fingerprint density at radius 1 is 0.759 bits per heavy atom. The fourth-order valence-electron chi connectivity index (χ4n) is 2.76. The summed E-state index contributed by atoms with van der Waals surface area (Å²) in [4.78, 5) is 43.8. The lowest BCUT2D eigenvalue weighted by Gasteiger charge is -2.10. The number of Topliss-reactive ketones (excluding diaryl/α,β-unsaturated/α-hetero) is 2. The molecule has 0 atom stereocenters. The van der Waals surface area contributed by atoms with E-state index in [1.807, 2.05) is 30.3 Å². The van der Waals surface area contributed by atoms with Crippen molar-refractivity contribution in [2.24, 2.45) is 0 Å². The maximum atomic E-state index is 11.8. The van der Waals surface area contributed by atoms with Gasteiger partial charge in [-0.05, 0) is 19.9 Å². The van der Waals surface area contributed by atoms with Crippen molar-refractivity contribution in [3.63, 3.8) is 0 Å². The number of hydrogen-bond acceptors (Lipinski definition) is 5. The average molecular weight is 387 g/mol. The Hall–Kier alpha value is -3.67. The zero-order valence-electron chi connectivity index (χ0n) is 16.5. The summed E-state index contributed by atoms with van der Waals surface area (Å²) in [6, 6.07) is 16.0. The monoisotopic (exact) mass is 387 g/mol. The van der Waals surface area contributed by atoms with Gasteiger partial charge >= 0.3 is 0 Å². The van der Waals surface area contributed by atoms with Crippen molar-refractivity contribution in [1.29, 1.82) is 0 Å². The highest BCUT2D eigenvalue weighted by Crippen LogP contribution is 2.26. The van der Waals surface area contributed by atoms with Crippen molar-refractivity contribution in [1.82, 2.24) is 9.97 Å². The van der Waals surface area contributed by atoms with Gasteiger partial charge in [-0.3, -0.25) is 19.7 Å². The van der Waals surface area contributed by atoms with Crippen LogP contribution in [0, 0.1) is 0 Å². The molecule has 1 amide bonds. The number of carbonyl (C=O) groups is 3. The quantitative estimate of drug-likeness (QED) is 0.626. The van der Waals surface area contributed by atoms with Gasteiger partial charge in [0.25, 0.3) is 0 Å². The number of anilines is 1. The number of carbonyl (C=O) groups excluding carboxylic acids is 3. The topological polar surface area (TPSA) is 89.0 Å². The van der Waals surface area contributed by atoms with Crippen LogP contribution in [0.25, 0.3) is 22.5 Å². The van der Waals surface area contributed by atoms with Crippen LogP contribution in [0.1, 0.15) is 47.9 Å². The molecule has 0 radical (unpaired) electrons. The summed E-state index contributed by atoms with van der Waals surface area (Å²) >= 11 is 0. The van der Waals surface area contributed by atoms with Crippen molar-refractivity contribution in [2.45, 2.75) is 27.2 Å². The molecule has 0 aliphatic rings. The van der Waals surface area contributed by atoms with Crippen LogP contribution in [0.2, 0.25) is 0 Å². The molecule has 1 heterocycles.